The van der Waals surface area contributed by atoms with Crippen LogP contribution in [0.3, 0.4) is 0 Å². The Morgan fingerprint density at radius 1 is 1.44 bits per heavy atom. The zero-order valence-corrected chi connectivity index (χ0v) is 9.59. The smallest absolute Gasteiger partial charge is 0.0923 e. The van der Waals surface area contributed by atoms with E-state index in [0.29, 0.717) is 0 Å². The third kappa shape index (κ3) is 1.71. The second-order valence-corrected chi connectivity index (χ2v) is 4.76. The Hall–Kier alpha value is -1.35. The molecule has 3 nitrogen and oxygen atoms in total. The van der Waals surface area contributed by atoms with E-state index in [1.807, 2.05) is 0 Å². The number of aromatic nitrogens is 2. The van der Waals surface area contributed by atoms with Gasteiger partial charge in [-0.1, -0.05) is 6.07 Å². The van der Waals surface area contributed by atoms with Crippen LogP contribution in [0.4, 0.5) is 0 Å². The lowest BCUT2D eigenvalue weighted by molar-refractivity contribution is 0.580. The summed E-state index contributed by atoms with van der Waals surface area (Å²) in [7, 11) is 0. The van der Waals surface area contributed by atoms with Gasteiger partial charge in [0.1, 0.15) is 0 Å². The maximum Gasteiger partial charge on any atom is 0.0923 e. The van der Waals surface area contributed by atoms with Gasteiger partial charge in [0.2, 0.25) is 0 Å². The van der Waals surface area contributed by atoms with E-state index in [9.17, 15) is 0 Å². The summed E-state index contributed by atoms with van der Waals surface area (Å²) in [6.45, 7) is 4.43. The first-order valence-corrected chi connectivity index (χ1v) is 5.97. The summed E-state index contributed by atoms with van der Waals surface area (Å²) in [5.74, 6) is 0.810. The van der Waals surface area contributed by atoms with Gasteiger partial charge in [-0.2, -0.15) is 5.10 Å². The van der Waals surface area contributed by atoms with Crippen LogP contribution in [0.15, 0.2) is 18.2 Å². The number of fused-ring (bicyclic) bond motifs is 1. The maximum atomic E-state index is 4.25. The van der Waals surface area contributed by atoms with E-state index in [4.69, 9.17) is 0 Å². The molecule has 0 aliphatic carbocycles. The van der Waals surface area contributed by atoms with E-state index < -0.39 is 0 Å². The van der Waals surface area contributed by atoms with Crippen LogP contribution in [-0.2, 0) is 6.42 Å². The van der Waals surface area contributed by atoms with Crippen molar-refractivity contribution in [3.63, 3.8) is 0 Å². The minimum Gasteiger partial charge on any atom is -0.316 e. The molecule has 1 atom stereocenters. The van der Waals surface area contributed by atoms with Crippen LogP contribution < -0.4 is 5.32 Å². The Balaban J connectivity index is 1.88. The highest BCUT2D eigenvalue weighted by atomic mass is 15.1. The molecule has 2 aromatic rings. The molecular formula is C13H17N3. The second kappa shape index (κ2) is 3.91. The first-order valence-electron chi connectivity index (χ1n) is 5.97. The lowest BCUT2D eigenvalue weighted by atomic mass is 9.97. The monoisotopic (exact) mass is 215 g/mol. The zero-order valence-electron chi connectivity index (χ0n) is 9.59. The Morgan fingerprint density at radius 2 is 2.38 bits per heavy atom. The summed E-state index contributed by atoms with van der Waals surface area (Å²) in [6.07, 6.45) is 2.50. The molecule has 16 heavy (non-hydrogen) atoms. The lowest BCUT2D eigenvalue weighted by Gasteiger charge is -2.07. The van der Waals surface area contributed by atoms with Crippen molar-refractivity contribution in [2.45, 2.75) is 19.8 Å². The quantitative estimate of drug-likeness (QED) is 0.804. The number of nitrogens with zero attached hydrogens (tertiary/aromatic N) is 1. The van der Waals surface area contributed by atoms with Crippen LogP contribution in [0.25, 0.3) is 10.9 Å². The lowest BCUT2D eigenvalue weighted by Crippen LogP contribution is -2.10. The average Bonchev–Trinajstić information content (AvgIpc) is 2.90. The van der Waals surface area contributed by atoms with Crippen LogP contribution in [0.2, 0.25) is 0 Å². The number of H-pyrrole nitrogens is 1. The van der Waals surface area contributed by atoms with Crippen LogP contribution in [-0.4, -0.2) is 23.3 Å². The number of rotatable bonds is 2. The summed E-state index contributed by atoms with van der Waals surface area (Å²) in [5.41, 5.74) is 3.68. The van der Waals surface area contributed by atoms with Crippen molar-refractivity contribution in [3.8, 4) is 0 Å². The average molecular weight is 215 g/mol. The van der Waals surface area contributed by atoms with Gasteiger partial charge in [-0.3, -0.25) is 5.10 Å². The van der Waals surface area contributed by atoms with Crippen molar-refractivity contribution in [2.24, 2.45) is 5.92 Å². The summed E-state index contributed by atoms with van der Waals surface area (Å²) in [4.78, 5) is 0. The van der Waals surface area contributed by atoms with Crippen LogP contribution >= 0.6 is 0 Å². The van der Waals surface area contributed by atoms with Gasteiger partial charge in [0.05, 0.1) is 5.52 Å². The molecule has 0 amide bonds. The first-order chi connectivity index (χ1) is 7.83. The molecular weight excluding hydrogens is 198 g/mol. The molecule has 2 N–H and O–H groups in total. The molecule has 1 fully saturated rings. The molecule has 3 rings (SSSR count). The zero-order chi connectivity index (χ0) is 11.0. The third-order valence-electron chi connectivity index (χ3n) is 3.50. The molecule has 0 spiro atoms. The van der Waals surface area contributed by atoms with E-state index in [-0.39, 0.29) is 0 Å². The third-order valence-corrected chi connectivity index (χ3v) is 3.50. The summed E-state index contributed by atoms with van der Waals surface area (Å²) in [5, 5.41) is 12.0. The molecule has 2 heterocycles. The molecule has 84 valence electrons. The minimum atomic E-state index is 0.810. The van der Waals surface area contributed by atoms with Gasteiger partial charge in [0, 0.05) is 11.1 Å². The molecule has 1 aromatic heterocycles. The normalized spacial score (nSPS) is 20.7. The van der Waals surface area contributed by atoms with Crippen molar-refractivity contribution >= 4 is 10.9 Å². The highest BCUT2D eigenvalue weighted by molar-refractivity contribution is 5.81. The van der Waals surface area contributed by atoms with Gasteiger partial charge in [-0.25, -0.2) is 0 Å². The predicted molar refractivity (Wildman–Crippen MR) is 65.5 cm³/mol. The first kappa shape index (κ1) is 9.85. The number of aryl methyl sites for hydroxylation is 1. The van der Waals surface area contributed by atoms with Gasteiger partial charge >= 0.3 is 0 Å². The minimum absolute atomic E-state index is 0.810. The van der Waals surface area contributed by atoms with E-state index in [0.717, 1.165) is 11.4 Å². The van der Waals surface area contributed by atoms with Gasteiger partial charge in [0.15, 0.2) is 0 Å². The fourth-order valence-corrected chi connectivity index (χ4v) is 2.53. The van der Waals surface area contributed by atoms with Crippen molar-refractivity contribution < 1.29 is 0 Å². The molecule has 1 aromatic carbocycles. The fraction of sp³-hybridized carbons (Fsp3) is 0.462. The Labute approximate surface area is 95.2 Å². The van der Waals surface area contributed by atoms with E-state index >= 15 is 0 Å². The van der Waals surface area contributed by atoms with Crippen molar-refractivity contribution in [1.29, 1.82) is 0 Å². The topological polar surface area (TPSA) is 40.7 Å². The molecule has 0 radical (unpaired) electrons. The maximum absolute atomic E-state index is 4.25. The highest BCUT2D eigenvalue weighted by Gasteiger charge is 2.15. The van der Waals surface area contributed by atoms with Gasteiger partial charge in [-0.05, 0) is 56.5 Å². The predicted octanol–water partition coefficient (Wildman–Crippen LogP) is 2.02. The van der Waals surface area contributed by atoms with Crippen LogP contribution in [0.5, 0.6) is 0 Å². The summed E-state index contributed by atoms with van der Waals surface area (Å²) >= 11 is 0. The van der Waals surface area contributed by atoms with Crippen LogP contribution in [0.1, 0.15) is 17.7 Å². The molecule has 1 aliphatic heterocycles. The Kier molecular flexibility index (Phi) is 2.40. The van der Waals surface area contributed by atoms with E-state index in [1.165, 1.54) is 42.6 Å². The van der Waals surface area contributed by atoms with Crippen molar-refractivity contribution in [1.82, 2.24) is 15.5 Å². The molecule has 1 saturated heterocycles. The molecule has 3 heteroatoms. The summed E-state index contributed by atoms with van der Waals surface area (Å²) < 4.78 is 0. The standard InChI is InChI=1S/C13H17N3/c1-9-12-7-10(2-3-13(12)16-15-9)6-11-4-5-14-8-11/h2-3,7,11,14H,4-6,8H2,1H3,(H,15,16). The second-order valence-electron chi connectivity index (χ2n) is 4.76. The van der Waals surface area contributed by atoms with Crippen molar-refractivity contribution in [2.75, 3.05) is 13.1 Å². The molecule has 1 unspecified atom stereocenters. The van der Waals surface area contributed by atoms with E-state index in [1.54, 1.807) is 0 Å². The van der Waals surface area contributed by atoms with Gasteiger partial charge in [0.25, 0.3) is 0 Å². The summed E-state index contributed by atoms with van der Waals surface area (Å²) in [6, 6.07) is 6.62. The Morgan fingerprint density at radius 3 is 3.19 bits per heavy atom. The largest absolute Gasteiger partial charge is 0.316 e. The number of benzene rings is 1. The van der Waals surface area contributed by atoms with Crippen molar-refractivity contribution in [3.05, 3.63) is 29.5 Å². The Bertz CT molecular complexity index is 495. The molecule has 1 aliphatic rings. The van der Waals surface area contributed by atoms with E-state index in [2.05, 4.69) is 40.6 Å². The number of nitrogens with one attached hydrogen (secondary N) is 2. The van der Waals surface area contributed by atoms with Gasteiger partial charge < -0.3 is 5.32 Å². The van der Waals surface area contributed by atoms with Gasteiger partial charge in [-0.15, -0.1) is 0 Å². The fourth-order valence-electron chi connectivity index (χ4n) is 2.53. The van der Waals surface area contributed by atoms with Crippen LogP contribution in [0, 0.1) is 12.8 Å². The highest BCUT2D eigenvalue weighted by Crippen LogP contribution is 2.20. The SMILES string of the molecule is Cc1[nH]nc2ccc(CC3CCNC3)cc12. The number of hydrogen-bond acceptors (Lipinski definition) is 2. The number of hydrogen-bond donors (Lipinski definition) is 2. The number of aromatic amines is 1. The molecule has 0 bridgehead atoms. The molecule has 0 saturated carbocycles.